The number of hydrogen-bond donors (Lipinski definition) is 1. The Morgan fingerprint density at radius 3 is 2.70 bits per heavy atom. The maximum Gasteiger partial charge on any atom is 0.340 e. The molecule has 0 aromatic heterocycles. The summed E-state index contributed by atoms with van der Waals surface area (Å²) in [5.41, 5.74) is 6.62. The van der Waals surface area contributed by atoms with Crippen molar-refractivity contribution in [3.05, 3.63) is 17.7 Å². The molecule has 1 aliphatic heterocycles. The summed E-state index contributed by atoms with van der Waals surface area (Å²) in [4.78, 5) is 12.3. The minimum absolute atomic E-state index is 0.0129. The van der Waals surface area contributed by atoms with E-state index in [1.54, 1.807) is 12.1 Å². The van der Waals surface area contributed by atoms with Crippen molar-refractivity contribution >= 4 is 11.7 Å². The second-order valence-electron chi connectivity index (χ2n) is 5.50. The fourth-order valence-electron chi connectivity index (χ4n) is 2.79. The van der Waals surface area contributed by atoms with E-state index in [4.69, 9.17) is 19.9 Å². The SMILES string of the molecule is CC1CCCCC1OC(=O)c1cc2c(cc1N)OCO2. The van der Waals surface area contributed by atoms with E-state index in [0.717, 1.165) is 19.3 Å². The van der Waals surface area contributed by atoms with Crippen molar-refractivity contribution in [2.75, 3.05) is 12.5 Å². The van der Waals surface area contributed by atoms with Crippen molar-refractivity contribution in [1.82, 2.24) is 0 Å². The standard InChI is InChI=1S/C15H19NO4/c1-9-4-2-3-5-12(9)20-15(17)10-6-13-14(7-11(10)16)19-8-18-13/h6-7,9,12H,2-5,8,16H2,1H3. The van der Waals surface area contributed by atoms with Gasteiger partial charge in [-0.15, -0.1) is 0 Å². The molecule has 108 valence electrons. The van der Waals surface area contributed by atoms with Crippen LogP contribution in [0.3, 0.4) is 0 Å². The maximum atomic E-state index is 12.3. The van der Waals surface area contributed by atoms with Crippen LogP contribution in [0.2, 0.25) is 0 Å². The van der Waals surface area contributed by atoms with Crippen LogP contribution in [0.4, 0.5) is 5.69 Å². The summed E-state index contributed by atoms with van der Waals surface area (Å²) in [6.07, 6.45) is 4.34. The first kappa shape index (κ1) is 13.1. The minimum atomic E-state index is -0.375. The first-order valence-electron chi connectivity index (χ1n) is 7.05. The predicted molar refractivity (Wildman–Crippen MR) is 73.8 cm³/mol. The number of carbonyl (C=O) groups is 1. The third-order valence-corrected chi connectivity index (χ3v) is 4.06. The molecule has 1 aliphatic carbocycles. The van der Waals surface area contributed by atoms with Gasteiger partial charge >= 0.3 is 5.97 Å². The van der Waals surface area contributed by atoms with Gasteiger partial charge in [-0.2, -0.15) is 0 Å². The largest absolute Gasteiger partial charge is 0.458 e. The van der Waals surface area contributed by atoms with Crippen LogP contribution in [-0.2, 0) is 4.74 Å². The molecule has 2 aliphatic rings. The quantitative estimate of drug-likeness (QED) is 0.665. The molecule has 0 spiro atoms. The smallest absolute Gasteiger partial charge is 0.340 e. The molecule has 1 aromatic rings. The first-order chi connectivity index (χ1) is 9.65. The number of benzene rings is 1. The number of anilines is 1. The van der Waals surface area contributed by atoms with Gasteiger partial charge < -0.3 is 19.9 Å². The van der Waals surface area contributed by atoms with Crippen molar-refractivity contribution in [1.29, 1.82) is 0 Å². The molecule has 0 bridgehead atoms. The Balaban J connectivity index is 1.77. The van der Waals surface area contributed by atoms with E-state index in [9.17, 15) is 4.79 Å². The second kappa shape index (κ2) is 5.23. The molecule has 1 heterocycles. The van der Waals surface area contributed by atoms with E-state index in [0.29, 0.717) is 28.7 Å². The molecular weight excluding hydrogens is 258 g/mol. The van der Waals surface area contributed by atoms with E-state index < -0.39 is 0 Å². The molecular formula is C15H19NO4. The molecule has 1 saturated carbocycles. The number of esters is 1. The average Bonchev–Trinajstić information content (AvgIpc) is 2.87. The van der Waals surface area contributed by atoms with Crippen LogP contribution in [0.5, 0.6) is 11.5 Å². The number of fused-ring (bicyclic) bond motifs is 1. The summed E-state index contributed by atoms with van der Waals surface area (Å²) in [5.74, 6) is 1.15. The minimum Gasteiger partial charge on any atom is -0.458 e. The zero-order chi connectivity index (χ0) is 14.1. The predicted octanol–water partition coefficient (Wildman–Crippen LogP) is 2.73. The van der Waals surface area contributed by atoms with Crippen LogP contribution in [0.15, 0.2) is 12.1 Å². The number of carbonyl (C=O) groups excluding carboxylic acids is 1. The molecule has 2 atom stereocenters. The van der Waals surface area contributed by atoms with Crippen LogP contribution >= 0.6 is 0 Å². The molecule has 2 N–H and O–H groups in total. The molecule has 3 rings (SSSR count). The van der Waals surface area contributed by atoms with Gasteiger partial charge in [-0.05, 0) is 25.2 Å². The van der Waals surface area contributed by atoms with Crippen LogP contribution in [0.25, 0.3) is 0 Å². The van der Waals surface area contributed by atoms with Crippen LogP contribution in [-0.4, -0.2) is 18.9 Å². The topological polar surface area (TPSA) is 70.8 Å². The third kappa shape index (κ3) is 2.40. The summed E-state index contributed by atoms with van der Waals surface area (Å²) in [7, 11) is 0. The van der Waals surface area contributed by atoms with Crippen LogP contribution < -0.4 is 15.2 Å². The lowest BCUT2D eigenvalue weighted by molar-refractivity contribution is 0.00490. The highest BCUT2D eigenvalue weighted by molar-refractivity contribution is 5.96. The maximum absolute atomic E-state index is 12.3. The Bertz CT molecular complexity index is 529. The molecule has 0 saturated heterocycles. The van der Waals surface area contributed by atoms with E-state index in [2.05, 4.69) is 6.92 Å². The Kier molecular flexibility index (Phi) is 3.42. The number of ether oxygens (including phenoxy) is 3. The van der Waals surface area contributed by atoms with Gasteiger partial charge in [-0.3, -0.25) is 0 Å². The molecule has 1 aromatic carbocycles. The Morgan fingerprint density at radius 2 is 1.95 bits per heavy atom. The molecule has 0 radical (unpaired) electrons. The summed E-state index contributed by atoms with van der Waals surface area (Å²) in [6, 6.07) is 3.22. The second-order valence-corrected chi connectivity index (χ2v) is 5.50. The summed E-state index contributed by atoms with van der Waals surface area (Å²) in [6.45, 7) is 2.28. The van der Waals surface area contributed by atoms with Crippen molar-refractivity contribution in [2.45, 2.75) is 38.7 Å². The van der Waals surface area contributed by atoms with Gasteiger partial charge in [0.15, 0.2) is 11.5 Å². The van der Waals surface area contributed by atoms with Gasteiger partial charge in [0.05, 0.1) is 11.3 Å². The fourth-order valence-corrected chi connectivity index (χ4v) is 2.79. The van der Waals surface area contributed by atoms with Gasteiger partial charge in [0.2, 0.25) is 6.79 Å². The summed E-state index contributed by atoms with van der Waals surface area (Å²) < 4.78 is 16.1. The van der Waals surface area contributed by atoms with Gasteiger partial charge in [0.25, 0.3) is 0 Å². The Hall–Kier alpha value is -1.91. The highest BCUT2D eigenvalue weighted by Gasteiger charge is 2.27. The van der Waals surface area contributed by atoms with Crippen molar-refractivity contribution in [2.24, 2.45) is 5.92 Å². The average molecular weight is 277 g/mol. The zero-order valence-electron chi connectivity index (χ0n) is 11.6. The van der Waals surface area contributed by atoms with Gasteiger partial charge in [0, 0.05) is 12.1 Å². The van der Waals surface area contributed by atoms with Gasteiger partial charge in [-0.1, -0.05) is 13.3 Å². The van der Waals surface area contributed by atoms with Gasteiger partial charge in [0.1, 0.15) is 6.10 Å². The lowest BCUT2D eigenvalue weighted by Crippen LogP contribution is -2.28. The monoisotopic (exact) mass is 277 g/mol. The van der Waals surface area contributed by atoms with Crippen molar-refractivity contribution in [3.63, 3.8) is 0 Å². The van der Waals surface area contributed by atoms with Crippen LogP contribution in [0, 0.1) is 5.92 Å². The lowest BCUT2D eigenvalue weighted by atomic mass is 9.88. The number of nitrogens with two attached hydrogens (primary N) is 1. The molecule has 20 heavy (non-hydrogen) atoms. The number of hydrogen-bond acceptors (Lipinski definition) is 5. The Labute approximate surface area is 118 Å². The molecule has 1 fully saturated rings. The first-order valence-corrected chi connectivity index (χ1v) is 7.05. The van der Waals surface area contributed by atoms with E-state index in [-0.39, 0.29) is 18.9 Å². The lowest BCUT2D eigenvalue weighted by Gasteiger charge is -2.28. The van der Waals surface area contributed by atoms with E-state index in [1.165, 1.54) is 6.42 Å². The highest BCUT2D eigenvalue weighted by atomic mass is 16.7. The van der Waals surface area contributed by atoms with Gasteiger partial charge in [-0.25, -0.2) is 4.79 Å². The highest BCUT2D eigenvalue weighted by Crippen LogP contribution is 2.36. The molecule has 0 amide bonds. The molecule has 5 heteroatoms. The zero-order valence-corrected chi connectivity index (χ0v) is 11.6. The van der Waals surface area contributed by atoms with Crippen molar-refractivity contribution < 1.29 is 19.0 Å². The Morgan fingerprint density at radius 1 is 1.25 bits per heavy atom. The van der Waals surface area contributed by atoms with Crippen LogP contribution in [0.1, 0.15) is 43.0 Å². The molecule has 5 nitrogen and oxygen atoms in total. The van der Waals surface area contributed by atoms with Crippen molar-refractivity contribution in [3.8, 4) is 11.5 Å². The third-order valence-electron chi connectivity index (χ3n) is 4.06. The van der Waals surface area contributed by atoms with E-state index in [1.807, 2.05) is 0 Å². The molecule has 2 unspecified atom stereocenters. The normalized spacial score (nSPS) is 24.4. The summed E-state index contributed by atoms with van der Waals surface area (Å²) >= 11 is 0. The number of rotatable bonds is 2. The van der Waals surface area contributed by atoms with E-state index >= 15 is 0 Å². The summed E-state index contributed by atoms with van der Waals surface area (Å²) in [5, 5.41) is 0. The number of nitrogen functional groups attached to an aromatic ring is 1. The fraction of sp³-hybridized carbons (Fsp3) is 0.533.